The van der Waals surface area contributed by atoms with Crippen molar-refractivity contribution in [3.05, 3.63) is 64.0 Å². The number of aromatic nitrogens is 2. The third kappa shape index (κ3) is 3.69. The Hall–Kier alpha value is -3.68. The van der Waals surface area contributed by atoms with Gasteiger partial charge in [0.2, 0.25) is 11.8 Å². The number of methoxy groups -OCH3 is 2. The number of rotatable bonds is 6. The van der Waals surface area contributed by atoms with Crippen LogP contribution in [-0.2, 0) is 0 Å². The summed E-state index contributed by atoms with van der Waals surface area (Å²) in [7, 11) is 3.10. The van der Waals surface area contributed by atoms with Crippen molar-refractivity contribution in [1.82, 2.24) is 10.2 Å². The lowest BCUT2D eigenvalue weighted by atomic mass is 10.1. The van der Waals surface area contributed by atoms with E-state index in [9.17, 15) is 10.1 Å². The molecule has 0 radical (unpaired) electrons. The van der Waals surface area contributed by atoms with Crippen LogP contribution in [0.2, 0.25) is 0 Å². The standard InChI is InChI=1S/C18H15N3O5/c1-24-14-9-13(10-15(11-14)25-2)18-20-19-17(26-18)8-7-12-5-3-4-6-16(12)21(22)23/h3-11H,1-2H3. The van der Waals surface area contributed by atoms with Gasteiger partial charge in [-0.2, -0.15) is 0 Å². The van der Waals surface area contributed by atoms with E-state index in [1.807, 2.05) is 0 Å². The minimum Gasteiger partial charge on any atom is -0.497 e. The Kier molecular flexibility index (Phi) is 4.93. The Morgan fingerprint density at radius 2 is 1.73 bits per heavy atom. The molecule has 0 N–H and O–H groups in total. The molecular formula is C18H15N3O5. The quantitative estimate of drug-likeness (QED) is 0.490. The fourth-order valence-corrected chi connectivity index (χ4v) is 2.31. The van der Waals surface area contributed by atoms with Crippen LogP contribution in [0, 0.1) is 10.1 Å². The Morgan fingerprint density at radius 3 is 2.38 bits per heavy atom. The van der Waals surface area contributed by atoms with Gasteiger partial charge in [-0.25, -0.2) is 0 Å². The Morgan fingerprint density at radius 1 is 1.04 bits per heavy atom. The topological polar surface area (TPSA) is 101 Å². The summed E-state index contributed by atoms with van der Waals surface area (Å²) in [6.45, 7) is 0. The van der Waals surface area contributed by atoms with Crippen LogP contribution >= 0.6 is 0 Å². The molecule has 0 saturated carbocycles. The highest BCUT2D eigenvalue weighted by Gasteiger charge is 2.12. The van der Waals surface area contributed by atoms with Gasteiger partial charge in [-0.1, -0.05) is 12.1 Å². The maximum atomic E-state index is 11.0. The van der Waals surface area contributed by atoms with Crippen molar-refractivity contribution in [2.24, 2.45) is 0 Å². The molecule has 132 valence electrons. The maximum absolute atomic E-state index is 11.0. The summed E-state index contributed by atoms with van der Waals surface area (Å²) in [6, 6.07) is 11.6. The molecule has 0 unspecified atom stereocenters. The van der Waals surface area contributed by atoms with E-state index >= 15 is 0 Å². The van der Waals surface area contributed by atoms with Crippen molar-refractivity contribution in [2.45, 2.75) is 0 Å². The molecule has 3 aromatic rings. The third-order valence-corrected chi connectivity index (χ3v) is 3.58. The summed E-state index contributed by atoms with van der Waals surface area (Å²) in [4.78, 5) is 10.6. The molecule has 0 aliphatic heterocycles. The van der Waals surface area contributed by atoms with Gasteiger partial charge >= 0.3 is 0 Å². The number of hydrogen-bond donors (Lipinski definition) is 0. The molecule has 0 saturated heterocycles. The predicted octanol–water partition coefficient (Wildman–Crippen LogP) is 3.83. The first kappa shape index (κ1) is 17.2. The molecule has 0 spiro atoms. The van der Waals surface area contributed by atoms with Crippen LogP contribution in [0.4, 0.5) is 5.69 Å². The van der Waals surface area contributed by atoms with Crippen LogP contribution in [-0.4, -0.2) is 29.3 Å². The Balaban J connectivity index is 1.88. The van der Waals surface area contributed by atoms with Gasteiger partial charge in [0.05, 0.1) is 24.7 Å². The van der Waals surface area contributed by atoms with Crippen LogP contribution in [0.25, 0.3) is 23.6 Å². The molecule has 26 heavy (non-hydrogen) atoms. The van der Waals surface area contributed by atoms with Crippen LogP contribution in [0.3, 0.4) is 0 Å². The molecule has 0 amide bonds. The summed E-state index contributed by atoms with van der Waals surface area (Å²) in [6.07, 6.45) is 3.08. The SMILES string of the molecule is COc1cc(OC)cc(-c2nnc(C=Cc3ccccc3[N+](=O)[O-])o2)c1. The molecular weight excluding hydrogens is 338 g/mol. The Bertz CT molecular complexity index is 943. The average molecular weight is 353 g/mol. The third-order valence-electron chi connectivity index (χ3n) is 3.58. The van der Waals surface area contributed by atoms with Gasteiger partial charge in [-0.15, -0.1) is 10.2 Å². The van der Waals surface area contributed by atoms with Crippen molar-refractivity contribution >= 4 is 17.8 Å². The molecule has 8 nitrogen and oxygen atoms in total. The van der Waals surface area contributed by atoms with E-state index in [2.05, 4.69) is 10.2 Å². The number of nitro benzene ring substituents is 1. The van der Waals surface area contributed by atoms with E-state index < -0.39 is 4.92 Å². The lowest BCUT2D eigenvalue weighted by Gasteiger charge is -2.05. The van der Waals surface area contributed by atoms with Gasteiger partial charge in [0.25, 0.3) is 5.69 Å². The second kappa shape index (κ2) is 7.47. The van der Waals surface area contributed by atoms with E-state index in [1.54, 1.807) is 56.7 Å². The van der Waals surface area contributed by atoms with Gasteiger partial charge in [0.15, 0.2) is 0 Å². The van der Waals surface area contributed by atoms with Crippen molar-refractivity contribution in [1.29, 1.82) is 0 Å². The first-order valence-electron chi connectivity index (χ1n) is 7.59. The Labute approximate surface area is 148 Å². The second-order valence-electron chi connectivity index (χ2n) is 5.20. The number of nitro groups is 1. The molecule has 1 aromatic heterocycles. The lowest BCUT2D eigenvalue weighted by molar-refractivity contribution is -0.385. The highest BCUT2D eigenvalue weighted by molar-refractivity contribution is 5.72. The molecule has 2 aromatic carbocycles. The molecule has 3 rings (SSSR count). The number of para-hydroxylation sites is 1. The molecule has 8 heteroatoms. The van der Waals surface area contributed by atoms with Crippen molar-refractivity contribution < 1.29 is 18.8 Å². The van der Waals surface area contributed by atoms with Gasteiger partial charge < -0.3 is 13.9 Å². The normalized spacial score (nSPS) is 10.8. The molecule has 0 aliphatic rings. The lowest BCUT2D eigenvalue weighted by Crippen LogP contribution is -1.90. The minimum absolute atomic E-state index is 0.000945. The first-order chi connectivity index (χ1) is 12.6. The number of benzene rings is 2. The summed E-state index contributed by atoms with van der Waals surface area (Å²) < 4.78 is 16.0. The zero-order valence-corrected chi connectivity index (χ0v) is 14.1. The van der Waals surface area contributed by atoms with E-state index in [0.29, 0.717) is 22.6 Å². The van der Waals surface area contributed by atoms with Gasteiger partial charge in [-0.05, 0) is 24.3 Å². The molecule has 0 fully saturated rings. The zero-order chi connectivity index (χ0) is 18.5. The van der Waals surface area contributed by atoms with Crippen molar-refractivity contribution in [3.63, 3.8) is 0 Å². The summed E-state index contributed by atoms with van der Waals surface area (Å²) >= 11 is 0. The number of ether oxygens (including phenoxy) is 2. The summed E-state index contributed by atoms with van der Waals surface area (Å²) in [5.41, 5.74) is 1.08. The maximum Gasteiger partial charge on any atom is 0.276 e. The molecule has 1 heterocycles. The molecule has 0 atom stereocenters. The van der Waals surface area contributed by atoms with Crippen LogP contribution < -0.4 is 9.47 Å². The average Bonchev–Trinajstić information content (AvgIpc) is 3.15. The van der Waals surface area contributed by atoms with Crippen LogP contribution in [0.15, 0.2) is 46.9 Å². The summed E-state index contributed by atoms with van der Waals surface area (Å²) in [5.74, 6) is 1.69. The molecule has 0 bridgehead atoms. The van der Waals surface area contributed by atoms with Gasteiger partial charge in [0.1, 0.15) is 11.5 Å². The van der Waals surface area contributed by atoms with Gasteiger partial charge in [-0.3, -0.25) is 10.1 Å². The monoisotopic (exact) mass is 353 g/mol. The largest absolute Gasteiger partial charge is 0.497 e. The van der Waals surface area contributed by atoms with Gasteiger partial charge in [0, 0.05) is 23.8 Å². The number of nitrogens with zero attached hydrogens (tertiary/aromatic N) is 3. The van der Waals surface area contributed by atoms with Crippen molar-refractivity contribution in [3.8, 4) is 23.0 Å². The van der Waals surface area contributed by atoms with E-state index in [4.69, 9.17) is 13.9 Å². The van der Waals surface area contributed by atoms with Crippen LogP contribution in [0.5, 0.6) is 11.5 Å². The fourth-order valence-electron chi connectivity index (χ4n) is 2.31. The zero-order valence-electron chi connectivity index (χ0n) is 14.1. The highest BCUT2D eigenvalue weighted by Crippen LogP contribution is 2.29. The summed E-state index contributed by atoms with van der Waals surface area (Å²) in [5, 5.41) is 19.0. The van der Waals surface area contributed by atoms with E-state index in [0.717, 1.165) is 0 Å². The second-order valence-corrected chi connectivity index (χ2v) is 5.20. The smallest absolute Gasteiger partial charge is 0.276 e. The van der Waals surface area contributed by atoms with Crippen molar-refractivity contribution in [2.75, 3.05) is 14.2 Å². The minimum atomic E-state index is -0.443. The predicted molar refractivity (Wildman–Crippen MR) is 94.9 cm³/mol. The number of hydrogen-bond acceptors (Lipinski definition) is 7. The van der Waals surface area contributed by atoms with Crippen LogP contribution in [0.1, 0.15) is 11.5 Å². The highest BCUT2D eigenvalue weighted by atomic mass is 16.6. The van der Waals surface area contributed by atoms with E-state index in [1.165, 1.54) is 12.1 Å². The fraction of sp³-hybridized carbons (Fsp3) is 0.111. The molecule has 0 aliphatic carbocycles. The van der Waals surface area contributed by atoms with E-state index in [-0.39, 0.29) is 17.5 Å². The first-order valence-corrected chi connectivity index (χ1v) is 7.59.